The highest BCUT2D eigenvalue weighted by Crippen LogP contribution is 2.21. The molecule has 0 fully saturated rings. The largest absolute Gasteiger partial charge is 0.459 e. The van der Waals surface area contributed by atoms with Gasteiger partial charge in [0.2, 0.25) is 0 Å². The van der Waals surface area contributed by atoms with Gasteiger partial charge in [0.15, 0.2) is 5.76 Å². The molecule has 0 saturated carbocycles. The molecule has 0 unspecified atom stereocenters. The molecule has 19 heavy (non-hydrogen) atoms. The molecule has 0 aliphatic heterocycles. The van der Waals surface area contributed by atoms with Gasteiger partial charge in [-0.25, -0.2) is 5.43 Å². The Balaban J connectivity index is 1.80. The van der Waals surface area contributed by atoms with Crippen molar-refractivity contribution in [3.63, 3.8) is 0 Å². The van der Waals surface area contributed by atoms with E-state index in [0.717, 1.165) is 30.5 Å². The van der Waals surface area contributed by atoms with Crippen molar-refractivity contribution in [2.75, 3.05) is 0 Å². The first kappa shape index (κ1) is 11.7. The number of fused-ring (bicyclic) bond motifs is 1. The minimum absolute atomic E-state index is 0.272. The molecule has 0 saturated heterocycles. The van der Waals surface area contributed by atoms with Crippen molar-refractivity contribution in [2.45, 2.75) is 19.3 Å². The van der Waals surface area contributed by atoms with Crippen molar-refractivity contribution >= 4 is 11.6 Å². The van der Waals surface area contributed by atoms with Crippen LogP contribution in [-0.4, -0.2) is 11.6 Å². The van der Waals surface area contributed by atoms with E-state index in [9.17, 15) is 4.79 Å². The first-order valence-corrected chi connectivity index (χ1v) is 6.33. The first-order chi connectivity index (χ1) is 9.34. The molecule has 1 aliphatic rings. The molecule has 1 heterocycles. The van der Waals surface area contributed by atoms with Gasteiger partial charge in [0.1, 0.15) is 0 Å². The molecule has 0 bridgehead atoms. The third-order valence-electron chi connectivity index (χ3n) is 3.23. The number of rotatable bonds is 2. The summed E-state index contributed by atoms with van der Waals surface area (Å²) >= 11 is 0. The van der Waals surface area contributed by atoms with Gasteiger partial charge < -0.3 is 4.42 Å². The maximum atomic E-state index is 11.7. The normalized spacial score (nSPS) is 16.1. The number of hydrazone groups is 1. The standard InChI is InChI=1S/C15H14N2O2/c18-15(14-9-4-10-19-14)17-16-13-8-3-6-11-5-1-2-7-12(11)13/h1-2,4-5,7,9-10H,3,6,8H2,(H,17,18)/b16-13+. The molecular weight excluding hydrogens is 240 g/mol. The zero-order chi connectivity index (χ0) is 13.1. The maximum Gasteiger partial charge on any atom is 0.307 e. The van der Waals surface area contributed by atoms with Crippen LogP contribution in [-0.2, 0) is 6.42 Å². The molecule has 1 aromatic carbocycles. The predicted octanol–water partition coefficient (Wildman–Crippen LogP) is 2.75. The summed E-state index contributed by atoms with van der Waals surface area (Å²) in [5, 5.41) is 4.24. The van der Waals surface area contributed by atoms with Gasteiger partial charge in [-0.3, -0.25) is 4.79 Å². The van der Waals surface area contributed by atoms with Gasteiger partial charge in [0.05, 0.1) is 12.0 Å². The molecule has 0 spiro atoms. The van der Waals surface area contributed by atoms with Crippen LogP contribution in [0.15, 0.2) is 52.2 Å². The number of furan rings is 1. The highest BCUT2D eigenvalue weighted by molar-refractivity contribution is 6.03. The van der Waals surface area contributed by atoms with E-state index in [1.54, 1.807) is 12.1 Å². The second-order valence-corrected chi connectivity index (χ2v) is 4.49. The average molecular weight is 254 g/mol. The van der Waals surface area contributed by atoms with Crippen molar-refractivity contribution in [3.05, 3.63) is 59.5 Å². The number of amides is 1. The lowest BCUT2D eigenvalue weighted by atomic mass is 9.90. The van der Waals surface area contributed by atoms with E-state index >= 15 is 0 Å². The van der Waals surface area contributed by atoms with Gasteiger partial charge in [-0.1, -0.05) is 24.3 Å². The fourth-order valence-electron chi connectivity index (χ4n) is 2.30. The summed E-state index contributed by atoms with van der Waals surface area (Å²) in [4.78, 5) is 11.7. The van der Waals surface area contributed by atoms with Gasteiger partial charge in [0, 0.05) is 5.56 Å². The molecule has 1 aromatic heterocycles. The van der Waals surface area contributed by atoms with Gasteiger partial charge in [-0.05, 0) is 37.0 Å². The number of aryl methyl sites for hydroxylation is 1. The van der Waals surface area contributed by atoms with Crippen molar-refractivity contribution in [3.8, 4) is 0 Å². The Morgan fingerprint density at radius 1 is 1.16 bits per heavy atom. The maximum absolute atomic E-state index is 11.7. The van der Waals surface area contributed by atoms with Gasteiger partial charge in [-0.15, -0.1) is 0 Å². The molecule has 3 rings (SSSR count). The quantitative estimate of drug-likeness (QED) is 0.838. The number of hydrogen-bond donors (Lipinski definition) is 1. The van der Waals surface area contributed by atoms with Crippen LogP contribution < -0.4 is 5.43 Å². The number of carbonyl (C=O) groups is 1. The molecule has 2 aromatic rings. The van der Waals surface area contributed by atoms with E-state index < -0.39 is 0 Å². The lowest BCUT2D eigenvalue weighted by molar-refractivity contribution is 0.0927. The molecule has 4 heteroatoms. The lowest BCUT2D eigenvalue weighted by Gasteiger charge is -2.17. The zero-order valence-corrected chi connectivity index (χ0v) is 10.4. The summed E-state index contributed by atoms with van der Waals surface area (Å²) in [7, 11) is 0. The second-order valence-electron chi connectivity index (χ2n) is 4.49. The fourth-order valence-corrected chi connectivity index (χ4v) is 2.30. The number of carbonyl (C=O) groups excluding carboxylic acids is 1. The molecular formula is C15H14N2O2. The van der Waals surface area contributed by atoms with Crippen molar-refractivity contribution < 1.29 is 9.21 Å². The first-order valence-electron chi connectivity index (χ1n) is 6.33. The molecule has 0 atom stereocenters. The molecule has 0 radical (unpaired) electrons. The predicted molar refractivity (Wildman–Crippen MR) is 72.1 cm³/mol. The molecule has 4 nitrogen and oxygen atoms in total. The van der Waals surface area contributed by atoms with Crippen molar-refractivity contribution in [1.82, 2.24) is 5.43 Å². The Kier molecular flexibility index (Phi) is 3.14. The monoisotopic (exact) mass is 254 g/mol. The van der Waals surface area contributed by atoms with Crippen LogP contribution in [0.3, 0.4) is 0 Å². The summed E-state index contributed by atoms with van der Waals surface area (Å²) in [5.41, 5.74) is 5.91. The summed E-state index contributed by atoms with van der Waals surface area (Å²) < 4.78 is 5.02. The molecule has 1 amide bonds. The van der Waals surface area contributed by atoms with Gasteiger partial charge in [-0.2, -0.15) is 5.10 Å². The van der Waals surface area contributed by atoms with Gasteiger partial charge in [0.25, 0.3) is 0 Å². The molecule has 1 aliphatic carbocycles. The van der Waals surface area contributed by atoms with E-state index in [2.05, 4.69) is 16.6 Å². The van der Waals surface area contributed by atoms with E-state index in [1.807, 2.05) is 18.2 Å². The van der Waals surface area contributed by atoms with E-state index in [1.165, 1.54) is 11.8 Å². The number of nitrogens with one attached hydrogen (secondary N) is 1. The second kappa shape index (κ2) is 5.10. The fraction of sp³-hybridized carbons (Fsp3) is 0.200. The van der Waals surface area contributed by atoms with E-state index in [-0.39, 0.29) is 11.7 Å². The summed E-state index contributed by atoms with van der Waals surface area (Å²) in [6.45, 7) is 0. The third kappa shape index (κ3) is 2.42. The SMILES string of the molecule is O=C(N/N=C1\CCCc2ccccc21)c1ccco1. The van der Waals surface area contributed by atoms with Crippen LogP contribution in [0, 0.1) is 0 Å². The van der Waals surface area contributed by atoms with Crippen LogP contribution in [0.2, 0.25) is 0 Å². The number of nitrogens with zero attached hydrogens (tertiary/aromatic N) is 1. The Bertz CT molecular complexity index is 615. The number of benzene rings is 1. The Hall–Kier alpha value is -2.36. The Labute approximate surface area is 111 Å². The van der Waals surface area contributed by atoms with Crippen molar-refractivity contribution in [2.24, 2.45) is 5.10 Å². The Morgan fingerprint density at radius 3 is 2.89 bits per heavy atom. The minimum atomic E-state index is -0.319. The van der Waals surface area contributed by atoms with Gasteiger partial charge >= 0.3 is 5.91 Å². The summed E-state index contributed by atoms with van der Waals surface area (Å²) in [5.74, 6) is -0.0472. The highest BCUT2D eigenvalue weighted by atomic mass is 16.3. The van der Waals surface area contributed by atoms with Crippen LogP contribution in [0.5, 0.6) is 0 Å². The highest BCUT2D eigenvalue weighted by Gasteiger charge is 2.15. The van der Waals surface area contributed by atoms with Crippen LogP contribution in [0.1, 0.15) is 34.5 Å². The minimum Gasteiger partial charge on any atom is -0.459 e. The zero-order valence-electron chi connectivity index (χ0n) is 10.4. The lowest BCUT2D eigenvalue weighted by Crippen LogP contribution is -2.21. The van der Waals surface area contributed by atoms with Crippen LogP contribution >= 0.6 is 0 Å². The van der Waals surface area contributed by atoms with Crippen LogP contribution in [0.4, 0.5) is 0 Å². The number of hydrogen-bond acceptors (Lipinski definition) is 3. The summed E-state index contributed by atoms with van der Waals surface area (Å²) in [6, 6.07) is 11.5. The van der Waals surface area contributed by atoms with Crippen LogP contribution in [0.25, 0.3) is 0 Å². The topological polar surface area (TPSA) is 54.6 Å². The molecule has 96 valence electrons. The van der Waals surface area contributed by atoms with E-state index in [4.69, 9.17) is 4.42 Å². The summed E-state index contributed by atoms with van der Waals surface area (Å²) in [6.07, 6.45) is 4.49. The average Bonchev–Trinajstić information content (AvgIpc) is 2.99. The smallest absolute Gasteiger partial charge is 0.307 e. The Morgan fingerprint density at radius 2 is 2.05 bits per heavy atom. The third-order valence-corrected chi connectivity index (χ3v) is 3.23. The van der Waals surface area contributed by atoms with Crippen molar-refractivity contribution in [1.29, 1.82) is 0 Å². The molecule has 1 N–H and O–H groups in total. The van der Waals surface area contributed by atoms with E-state index in [0.29, 0.717) is 0 Å².